The molecule has 1 aliphatic carbocycles. The van der Waals surface area contributed by atoms with E-state index in [-0.39, 0.29) is 11.5 Å². The highest BCUT2D eigenvalue weighted by atomic mass is 16.3. The first-order valence-electron chi connectivity index (χ1n) is 11.6. The van der Waals surface area contributed by atoms with Gasteiger partial charge in [-0.2, -0.15) is 0 Å². The normalized spacial score (nSPS) is 18.2. The molecule has 0 spiro atoms. The Morgan fingerprint density at radius 3 is 2.39 bits per heavy atom. The molecule has 170 valence electrons. The van der Waals surface area contributed by atoms with E-state index in [0.717, 1.165) is 57.8 Å². The maximum absolute atomic E-state index is 13.5. The number of ketones is 1. The number of carbonyl (C=O) groups is 1. The standard InChI is InChI=1S/C29H32N2O2/c1-8-20-12-11-13-21(14-20)15-31-19(7)23(10-3)17(5)27(31)25-28(32)24(29(25)33)26-16(4)22(9-2)18(6)30-26/h8,11-14,32H,1,9-10,15H2,2-7H3/b26-24-. The number of aliphatic hydroxyl groups excluding tert-OH is 1. The van der Waals surface area contributed by atoms with E-state index in [1.807, 2.05) is 32.1 Å². The van der Waals surface area contributed by atoms with Crippen LogP contribution in [0.1, 0.15) is 67.8 Å². The number of carbonyl (C=O) groups excluding carboxylic acids is 1. The van der Waals surface area contributed by atoms with Gasteiger partial charge in [-0.05, 0) is 80.0 Å². The van der Waals surface area contributed by atoms with E-state index in [2.05, 4.69) is 56.0 Å². The van der Waals surface area contributed by atoms with Crippen LogP contribution in [0.5, 0.6) is 0 Å². The van der Waals surface area contributed by atoms with Crippen molar-refractivity contribution in [3.05, 3.63) is 92.7 Å². The van der Waals surface area contributed by atoms with Crippen molar-refractivity contribution in [2.75, 3.05) is 0 Å². The van der Waals surface area contributed by atoms with Crippen LogP contribution in [0.25, 0.3) is 11.6 Å². The molecule has 0 saturated heterocycles. The second kappa shape index (κ2) is 8.51. The molecule has 1 aliphatic heterocycles. The summed E-state index contributed by atoms with van der Waals surface area (Å²) < 4.78 is 2.17. The Bertz CT molecular complexity index is 1330. The van der Waals surface area contributed by atoms with E-state index in [4.69, 9.17) is 0 Å². The summed E-state index contributed by atoms with van der Waals surface area (Å²) in [6, 6.07) is 8.23. The lowest BCUT2D eigenvalue weighted by Gasteiger charge is -2.25. The van der Waals surface area contributed by atoms with Gasteiger partial charge < -0.3 is 9.67 Å². The third kappa shape index (κ3) is 3.45. The first-order chi connectivity index (χ1) is 15.7. The second-order valence-electron chi connectivity index (χ2n) is 8.86. The lowest BCUT2D eigenvalue weighted by Crippen LogP contribution is -2.25. The molecule has 2 aromatic rings. The summed E-state index contributed by atoms with van der Waals surface area (Å²) in [6.45, 7) is 16.8. The van der Waals surface area contributed by atoms with Crippen LogP contribution in [0.4, 0.5) is 0 Å². The van der Waals surface area contributed by atoms with Gasteiger partial charge in [0.15, 0.2) is 0 Å². The van der Waals surface area contributed by atoms with E-state index in [9.17, 15) is 9.90 Å². The summed E-state index contributed by atoms with van der Waals surface area (Å²) in [5.74, 6) is -0.0623. The van der Waals surface area contributed by atoms with Crippen molar-refractivity contribution in [3.63, 3.8) is 0 Å². The first-order valence-corrected chi connectivity index (χ1v) is 11.6. The van der Waals surface area contributed by atoms with Crippen LogP contribution in [0.3, 0.4) is 0 Å². The van der Waals surface area contributed by atoms with Crippen molar-refractivity contribution in [2.24, 2.45) is 4.99 Å². The number of aromatic nitrogens is 1. The lowest BCUT2D eigenvalue weighted by atomic mass is 9.82. The van der Waals surface area contributed by atoms with Gasteiger partial charge in [-0.1, -0.05) is 44.7 Å². The number of aliphatic imine (C=N–C) groups is 1. The molecule has 33 heavy (non-hydrogen) atoms. The summed E-state index contributed by atoms with van der Waals surface area (Å²) in [5.41, 5.74) is 10.9. The predicted molar refractivity (Wildman–Crippen MR) is 137 cm³/mol. The summed E-state index contributed by atoms with van der Waals surface area (Å²) in [6.07, 6.45) is 3.56. The highest BCUT2D eigenvalue weighted by molar-refractivity contribution is 6.39. The van der Waals surface area contributed by atoms with Crippen LogP contribution in [0.2, 0.25) is 0 Å². The molecule has 0 atom stereocenters. The van der Waals surface area contributed by atoms with Crippen molar-refractivity contribution in [3.8, 4) is 0 Å². The minimum atomic E-state index is -0.125. The number of aliphatic hydroxyl groups is 1. The van der Waals surface area contributed by atoms with Crippen molar-refractivity contribution in [2.45, 2.75) is 60.9 Å². The number of rotatable bonds is 6. The van der Waals surface area contributed by atoms with Crippen molar-refractivity contribution < 1.29 is 9.90 Å². The Morgan fingerprint density at radius 2 is 1.82 bits per heavy atom. The Kier molecular flexibility index (Phi) is 5.87. The molecular weight excluding hydrogens is 408 g/mol. The third-order valence-corrected chi connectivity index (χ3v) is 7.08. The van der Waals surface area contributed by atoms with Gasteiger partial charge in [0.25, 0.3) is 0 Å². The van der Waals surface area contributed by atoms with Gasteiger partial charge in [0.1, 0.15) is 5.76 Å². The molecule has 2 aliphatic rings. The second-order valence-corrected chi connectivity index (χ2v) is 8.86. The van der Waals surface area contributed by atoms with E-state index >= 15 is 0 Å². The number of benzene rings is 1. The van der Waals surface area contributed by atoms with E-state index in [1.54, 1.807) is 0 Å². The summed E-state index contributed by atoms with van der Waals surface area (Å²) >= 11 is 0. The smallest absolute Gasteiger partial charge is 0.204 e. The first kappa shape index (κ1) is 22.8. The topological polar surface area (TPSA) is 54.6 Å². The van der Waals surface area contributed by atoms with Crippen molar-refractivity contribution >= 4 is 23.1 Å². The number of hydrogen-bond donors (Lipinski definition) is 1. The van der Waals surface area contributed by atoms with Crippen LogP contribution in [-0.4, -0.2) is 21.2 Å². The number of Topliss-reactive ketones (excluding diaryl/α,β-unsaturated/α-hetero) is 1. The zero-order valence-electron chi connectivity index (χ0n) is 20.5. The zero-order valence-corrected chi connectivity index (χ0v) is 20.5. The minimum Gasteiger partial charge on any atom is -0.506 e. The molecule has 4 nitrogen and oxygen atoms in total. The minimum absolute atomic E-state index is 0.0626. The number of allylic oxidation sites excluding steroid dienone is 4. The highest BCUT2D eigenvalue weighted by Crippen LogP contribution is 2.44. The van der Waals surface area contributed by atoms with Crippen LogP contribution in [0.15, 0.2) is 64.0 Å². The maximum atomic E-state index is 13.5. The zero-order chi connectivity index (χ0) is 24.0. The highest BCUT2D eigenvalue weighted by Gasteiger charge is 2.41. The van der Waals surface area contributed by atoms with Gasteiger partial charge in [0, 0.05) is 18.0 Å². The molecule has 1 aromatic heterocycles. The fourth-order valence-electron chi connectivity index (χ4n) is 5.33. The Morgan fingerprint density at radius 1 is 1.09 bits per heavy atom. The molecule has 1 aromatic carbocycles. The third-order valence-electron chi connectivity index (χ3n) is 7.08. The van der Waals surface area contributed by atoms with Gasteiger partial charge in [0.05, 0.1) is 22.5 Å². The average molecular weight is 441 g/mol. The summed E-state index contributed by atoms with van der Waals surface area (Å²) in [7, 11) is 0. The van der Waals surface area contributed by atoms with Gasteiger partial charge in [-0.25, -0.2) is 0 Å². The van der Waals surface area contributed by atoms with Crippen molar-refractivity contribution in [1.82, 2.24) is 4.57 Å². The molecule has 4 heteroatoms. The fourth-order valence-corrected chi connectivity index (χ4v) is 5.33. The Balaban J connectivity index is 1.88. The van der Waals surface area contributed by atoms with Crippen LogP contribution in [-0.2, 0) is 17.8 Å². The molecule has 0 bridgehead atoms. The average Bonchev–Trinajstić information content (AvgIpc) is 3.20. The monoisotopic (exact) mass is 440 g/mol. The van der Waals surface area contributed by atoms with Crippen LogP contribution < -0.4 is 0 Å². The summed E-state index contributed by atoms with van der Waals surface area (Å²) in [4.78, 5) is 18.1. The predicted octanol–water partition coefficient (Wildman–Crippen LogP) is 6.67. The molecule has 0 radical (unpaired) electrons. The largest absolute Gasteiger partial charge is 0.506 e. The van der Waals surface area contributed by atoms with Crippen molar-refractivity contribution in [1.29, 1.82) is 0 Å². The molecule has 0 fully saturated rings. The molecular formula is C29H32N2O2. The maximum Gasteiger partial charge on any atom is 0.204 e. The Labute approximate surface area is 196 Å². The van der Waals surface area contributed by atoms with Crippen LogP contribution in [0, 0.1) is 13.8 Å². The Hall–Kier alpha value is -3.40. The quantitative estimate of drug-likeness (QED) is 0.510. The van der Waals surface area contributed by atoms with Gasteiger partial charge in [-0.3, -0.25) is 9.79 Å². The molecule has 2 heterocycles. The van der Waals surface area contributed by atoms with Gasteiger partial charge in [-0.15, -0.1) is 0 Å². The van der Waals surface area contributed by atoms with Crippen LogP contribution >= 0.6 is 0 Å². The number of hydrogen-bond acceptors (Lipinski definition) is 3. The van der Waals surface area contributed by atoms with E-state index < -0.39 is 0 Å². The van der Waals surface area contributed by atoms with Gasteiger partial charge >= 0.3 is 0 Å². The number of nitrogens with zero attached hydrogens (tertiary/aromatic N) is 2. The van der Waals surface area contributed by atoms with E-state index in [0.29, 0.717) is 23.4 Å². The van der Waals surface area contributed by atoms with Gasteiger partial charge in [0.2, 0.25) is 5.78 Å². The van der Waals surface area contributed by atoms with E-state index in [1.165, 1.54) is 5.56 Å². The molecule has 0 saturated carbocycles. The fraction of sp³-hybridized carbons (Fsp3) is 0.310. The molecule has 1 N–H and O–H groups in total. The SMILES string of the molecule is C=Cc1cccc(Cn2c(C)c(CC)c(C)c2C2=C(O)/C(=C3/N=C(C)C(CC)=C3C)C2=O)c1. The lowest BCUT2D eigenvalue weighted by molar-refractivity contribution is -0.111. The molecule has 4 rings (SSSR count). The summed E-state index contributed by atoms with van der Waals surface area (Å²) in [5, 5.41) is 11.2. The molecule has 0 amide bonds. The molecule has 0 unspecified atom stereocenters.